The number of hydrogen-bond acceptors (Lipinski definition) is 4. The second kappa shape index (κ2) is 5.53. The number of amides is 1. The quantitative estimate of drug-likeness (QED) is 0.918. The van der Waals surface area contributed by atoms with Gasteiger partial charge in [0.25, 0.3) is 0 Å². The molecular weight excluding hydrogens is 326 g/mol. The standard InChI is InChI=1S/C17H19N3O3S/c1-11-5-8-14-15(18-11)3-2-4-16(14)19-17(21)12-9-20(10-12)24(22,23)13-6-7-13/h2-5,8,12-13H,6-7,9-10H2,1H3,(H,19,21). The number of hydrogen-bond donors (Lipinski definition) is 1. The molecule has 6 nitrogen and oxygen atoms in total. The van der Waals surface area contributed by atoms with Crippen LogP contribution in [0.4, 0.5) is 5.69 Å². The Hall–Kier alpha value is -1.99. The summed E-state index contributed by atoms with van der Waals surface area (Å²) in [5.41, 5.74) is 2.47. The molecule has 1 aromatic heterocycles. The maximum atomic E-state index is 12.4. The van der Waals surface area contributed by atoms with E-state index in [0.717, 1.165) is 29.4 Å². The van der Waals surface area contributed by atoms with Crippen molar-refractivity contribution in [3.63, 3.8) is 0 Å². The van der Waals surface area contributed by atoms with Crippen LogP contribution in [0.1, 0.15) is 18.5 Å². The fraction of sp³-hybridized carbons (Fsp3) is 0.412. The lowest BCUT2D eigenvalue weighted by atomic mass is 10.0. The van der Waals surface area contributed by atoms with Gasteiger partial charge < -0.3 is 5.32 Å². The van der Waals surface area contributed by atoms with Crippen LogP contribution >= 0.6 is 0 Å². The number of pyridine rings is 1. The summed E-state index contributed by atoms with van der Waals surface area (Å²) >= 11 is 0. The Kier molecular flexibility index (Phi) is 3.58. The molecule has 0 radical (unpaired) electrons. The van der Waals surface area contributed by atoms with E-state index in [1.807, 2.05) is 37.3 Å². The monoisotopic (exact) mass is 345 g/mol. The Morgan fingerprint density at radius 2 is 1.96 bits per heavy atom. The summed E-state index contributed by atoms with van der Waals surface area (Å²) in [4.78, 5) is 16.9. The molecule has 2 aromatic rings. The first kappa shape index (κ1) is 15.5. The zero-order chi connectivity index (χ0) is 16.9. The van der Waals surface area contributed by atoms with Gasteiger partial charge in [-0.05, 0) is 44.0 Å². The molecule has 24 heavy (non-hydrogen) atoms. The van der Waals surface area contributed by atoms with E-state index in [4.69, 9.17) is 0 Å². The molecule has 1 N–H and O–H groups in total. The van der Waals surface area contributed by atoms with Gasteiger partial charge in [0, 0.05) is 24.2 Å². The van der Waals surface area contributed by atoms with Gasteiger partial charge in [-0.15, -0.1) is 0 Å². The molecule has 7 heteroatoms. The highest BCUT2D eigenvalue weighted by atomic mass is 32.2. The van der Waals surface area contributed by atoms with Crippen molar-refractivity contribution in [3.05, 3.63) is 36.0 Å². The van der Waals surface area contributed by atoms with E-state index in [0.29, 0.717) is 5.69 Å². The molecule has 1 saturated carbocycles. The van der Waals surface area contributed by atoms with Crippen molar-refractivity contribution in [2.45, 2.75) is 25.0 Å². The van der Waals surface area contributed by atoms with Crippen molar-refractivity contribution in [1.29, 1.82) is 0 Å². The van der Waals surface area contributed by atoms with Gasteiger partial charge in [0.2, 0.25) is 15.9 Å². The Bertz CT molecular complexity index is 916. The fourth-order valence-corrected chi connectivity index (χ4v) is 4.92. The molecule has 0 atom stereocenters. The number of carbonyl (C=O) groups is 1. The highest BCUT2D eigenvalue weighted by molar-refractivity contribution is 7.90. The van der Waals surface area contributed by atoms with Gasteiger partial charge in [-0.3, -0.25) is 9.78 Å². The second-order valence-corrected chi connectivity index (χ2v) is 8.79. The molecule has 1 aromatic carbocycles. The number of nitrogens with one attached hydrogen (secondary N) is 1. The first-order chi connectivity index (χ1) is 11.4. The molecule has 4 rings (SSSR count). The van der Waals surface area contributed by atoms with E-state index < -0.39 is 10.0 Å². The zero-order valence-corrected chi connectivity index (χ0v) is 14.2. The maximum Gasteiger partial charge on any atom is 0.230 e. The van der Waals surface area contributed by atoms with Gasteiger partial charge in [-0.2, -0.15) is 4.31 Å². The molecule has 2 heterocycles. The number of nitrogens with zero attached hydrogens (tertiary/aromatic N) is 2. The number of sulfonamides is 1. The van der Waals surface area contributed by atoms with E-state index in [9.17, 15) is 13.2 Å². The van der Waals surface area contributed by atoms with Crippen LogP contribution in [0.25, 0.3) is 10.9 Å². The molecule has 1 saturated heterocycles. The van der Waals surface area contributed by atoms with Crippen LogP contribution in [0.2, 0.25) is 0 Å². The lowest BCUT2D eigenvalue weighted by Gasteiger charge is -2.37. The summed E-state index contributed by atoms with van der Waals surface area (Å²) in [6, 6.07) is 9.46. The number of rotatable bonds is 4. The number of aryl methyl sites for hydroxylation is 1. The molecule has 2 fully saturated rings. The van der Waals surface area contributed by atoms with Gasteiger partial charge in [-0.25, -0.2) is 8.42 Å². The Morgan fingerprint density at radius 3 is 2.67 bits per heavy atom. The van der Waals surface area contributed by atoms with Gasteiger partial charge >= 0.3 is 0 Å². The molecule has 0 spiro atoms. The van der Waals surface area contributed by atoms with Gasteiger partial charge in [-0.1, -0.05) is 6.07 Å². The van der Waals surface area contributed by atoms with E-state index >= 15 is 0 Å². The first-order valence-corrected chi connectivity index (χ1v) is 9.61. The van der Waals surface area contributed by atoms with Crippen LogP contribution in [0.15, 0.2) is 30.3 Å². The van der Waals surface area contributed by atoms with Crippen LogP contribution in [0.5, 0.6) is 0 Å². The number of benzene rings is 1. The highest BCUT2D eigenvalue weighted by Crippen LogP contribution is 2.35. The third kappa shape index (κ3) is 2.67. The van der Waals surface area contributed by atoms with Crippen LogP contribution in [0.3, 0.4) is 0 Å². The van der Waals surface area contributed by atoms with Gasteiger partial charge in [0.1, 0.15) is 0 Å². The predicted octanol–water partition coefficient (Wildman–Crippen LogP) is 1.91. The minimum atomic E-state index is -3.16. The van der Waals surface area contributed by atoms with Crippen molar-refractivity contribution in [2.24, 2.45) is 5.92 Å². The molecule has 1 aliphatic heterocycles. The molecule has 126 valence electrons. The van der Waals surface area contributed by atoms with E-state index in [-0.39, 0.29) is 30.2 Å². The zero-order valence-electron chi connectivity index (χ0n) is 13.4. The molecule has 2 aliphatic rings. The first-order valence-electron chi connectivity index (χ1n) is 8.11. The smallest absolute Gasteiger partial charge is 0.230 e. The van der Waals surface area contributed by atoms with Crippen molar-refractivity contribution in [1.82, 2.24) is 9.29 Å². The normalized spacial score (nSPS) is 19.2. The van der Waals surface area contributed by atoms with Crippen molar-refractivity contribution < 1.29 is 13.2 Å². The Labute approximate surface area is 140 Å². The summed E-state index contributed by atoms with van der Waals surface area (Å²) < 4.78 is 25.6. The number of fused-ring (bicyclic) bond motifs is 1. The molecular formula is C17H19N3O3S. The maximum absolute atomic E-state index is 12.4. The van der Waals surface area contributed by atoms with Crippen LogP contribution in [0, 0.1) is 12.8 Å². The van der Waals surface area contributed by atoms with E-state index in [2.05, 4.69) is 10.3 Å². The van der Waals surface area contributed by atoms with Crippen LogP contribution in [-0.2, 0) is 14.8 Å². The molecule has 1 amide bonds. The molecule has 1 aliphatic carbocycles. The Morgan fingerprint density at radius 1 is 1.21 bits per heavy atom. The number of aromatic nitrogens is 1. The molecule has 0 bridgehead atoms. The van der Waals surface area contributed by atoms with Crippen molar-refractivity contribution in [3.8, 4) is 0 Å². The summed E-state index contributed by atoms with van der Waals surface area (Å²) in [7, 11) is -3.16. The lowest BCUT2D eigenvalue weighted by molar-refractivity contribution is -0.122. The summed E-state index contributed by atoms with van der Waals surface area (Å²) in [5, 5.41) is 3.60. The lowest BCUT2D eigenvalue weighted by Crippen LogP contribution is -2.55. The SMILES string of the molecule is Cc1ccc2c(NC(=O)C3CN(S(=O)(=O)C4CC4)C3)cccc2n1. The molecule has 0 unspecified atom stereocenters. The number of anilines is 1. The second-order valence-electron chi connectivity index (χ2n) is 6.57. The summed E-state index contributed by atoms with van der Waals surface area (Å²) in [5.74, 6) is -0.419. The third-order valence-electron chi connectivity index (χ3n) is 4.65. The predicted molar refractivity (Wildman–Crippen MR) is 92.1 cm³/mol. The largest absolute Gasteiger partial charge is 0.325 e. The van der Waals surface area contributed by atoms with E-state index in [1.165, 1.54) is 4.31 Å². The van der Waals surface area contributed by atoms with Gasteiger partial charge in [0.15, 0.2) is 0 Å². The topological polar surface area (TPSA) is 79.4 Å². The van der Waals surface area contributed by atoms with Crippen LogP contribution in [-0.4, -0.2) is 42.0 Å². The fourth-order valence-electron chi connectivity index (χ4n) is 2.99. The number of carbonyl (C=O) groups excluding carboxylic acids is 1. The summed E-state index contributed by atoms with van der Waals surface area (Å²) in [6.45, 7) is 2.49. The van der Waals surface area contributed by atoms with Crippen molar-refractivity contribution in [2.75, 3.05) is 18.4 Å². The minimum Gasteiger partial charge on any atom is -0.325 e. The average Bonchev–Trinajstić information content (AvgIpc) is 3.30. The Balaban J connectivity index is 1.46. The van der Waals surface area contributed by atoms with Crippen molar-refractivity contribution >= 4 is 32.5 Å². The minimum absolute atomic E-state index is 0.134. The van der Waals surface area contributed by atoms with Gasteiger partial charge in [0.05, 0.1) is 22.4 Å². The van der Waals surface area contributed by atoms with E-state index in [1.54, 1.807) is 0 Å². The van der Waals surface area contributed by atoms with Crippen LogP contribution < -0.4 is 5.32 Å². The highest BCUT2D eigenvalue weighted by Gasteiger charge is 2.46. The average molecular weight is 345 g/mol. The summed E-state index contributed by atoms with van der Waals surface area (Å²) in [6.07, 6.45) is 1.50. The third-order valence-corrected chi connectivity index (χ3v) is 6.99.